The van der Waals surface area contributed by atoms with Gasteiger partial charge in [-0.25, -0.2) is 10.4 Å². The van der Waals surface area contributed by atoms with Gasteiger partial charge in [-0.3, -0.25) is 14.9 Å². The van der Waals surface area contributed by atoms with Crippen molar-refractivity contribution >= 4 is 35.1 Å². The first-order chi connectivity index (χ1) is 11.6. The maximum absolute atomic E-state index is 13.1. The van der Waals surface area contributed by atoms with Crippen molar-refractivity contribution in [2.75, 3.05) is 11.5 Å². The number of non-ortho nitro benzene ring substituents is 1. The Bertz CT molecular complexity index is 661. The number of amides is 1. The van der Waals surface area contributed by atoms with E-state index in [0.29, 0.717) is 17.5 Å². The topological polar surface area (TPSA) is 75.5 Å². The minimum absolute atomic E-state index is 0.00827. The van der Waals surface area contributed by atoms with Crippen molar-refractivity contribution in [2.24, 2.45) is 5.92 Å². The van der Waals surface area contributed by atoms with E-state index in [1.165, 1.54) is 25.0 Å². The van der Waals surface area contributed by atoms with Gasteiger partial charge in [-0.15, -0.1) is 23.5 Å². The van der Waals surface area contributed by atoms with E-state index in [1.54, 1.807) is 12.1 Å². The molecule has 2 saturated heterocycles. The van der Waals surface area contributed by atoms with Crippen molar-refractivity contribution in [1.82, 2.24) is 10.4 Å². The maximum atomic E-state index is 13.1. The van der Waals surface area contributed by atoms with Crippen LogP contribution in [0.3, 0.4) is 0 Å². The van der Waals surface area contributed by atoms with Crippen molar-refractivity contribution in [3.05, 3.63) is 39.9 Å². The highest BCUT2D eigenvalue weighted by atomic mass is 32.2. The third-order valence-electron chi connectivity index (χ3n) is 5.07. The average Bonchev–Trinajstić information content (AvgIpc) is 3.21. The van der Waals surface area contributed by atoms with Crippen LogP contribution in [0, 0.1) is 16.0 Å². The summed E-state index contributed by atoms with van der Waals surface area (Å²) in [6, 6.07) is 6.28. The van der Waals surface area contributed by atoms with Crippen LogP contribution in [0.25, 0.3) is 0 Å². The van der Waals surface area contributed by atoms with Crippen LogP contribution in [-0.2, 0) is 0 Å². The summed E-state index contributed by atoms with van der Waals surface area (Å²) in [6.45, 7) is 0. The van der Waals surface area contributed by atoms with Crippen LogP contribution in [0.2, 0.25) is 0 Å². The molecule has 1 aliphatic carbocycles. The molecule has 4 rings (SSSR count). The van der Waals surface area contributed by atoms with E-state index in [2.05, 4.69) is 5.43 Å². The predicted octanol–water partition coefficient (Wildman–Crippen LogP) is 3.25. The number of hydrazine groups is 1. The second-order valence-corrected chi connectivity index (χ2v) is 9.30. The van der Waals surface area contributed by atoms with E-state index in [4.69, 9.17) is 0 Å². The number of thioether (sulfide) groups is 2. The number of nitro groups is 1. The van der Waals surface area contributed by atoms with Crippen molar-refractivity contribution in [1.29, 1.82) is 0 Å². The quantitative estimate of drug-likeness (QED) is 0.640. The zero-order valence-electron chi connectivity index (χ0n) is 13.1. The molecule has 24 heavy (non-hydrogen) atoms. The van der Waals surface area contributed by atoms with Gasteiger partial charge in [0.15, 0.2) is 4.20 Å². The monoisotopic (exact) mass is 365 g/mol. The summed E-state index contributed by atoms with van der Waals surface area (Å²) in [6.07, 6.45) is 4.70. The molecule has 0 aromatic heterocycles. The Morgan fingerprint density at radius 2 is 1.88 bits per heavy atom. The number of nitrogens with zero attached hydrogens (tertiary/aromatic N) is 2. The predicted molar refractivity (Wildman–Crippen MR) is 95.8 cm³/mol. The number of carbonyl (C=O) groups excluding carboxylic acids is 1. The minimum atomic E-state index is -0.443. The van der Waals surface area contributed by atoms with E-state index in [0.717, 1.165) is 24.3 Å². The summed E-state index contributed by atoms with van der Waals surface area (Å²) in [5, 5.41) is 12.6. The van der Waals surface area contributed by atoms with E-state index in [-0.39, 0.29) is 15.8 Å². The summed E-state index contributed by atoms with van der Waals surface area (Å²) in [5.41, 5.74) is 3.98. The Hall–Kier alpha value is -1.25. The van der Waals surface area contributed by atoms with Gasteiger partial charge in [0.25, 0.3) is 11.6 Å². The fourth-order valence-corrected chi connectivity index (χ4v) is 7.57. The van der Waals surface area contributed by atoms with Gasteiger partial charge in [0, 0.05) is 41.2 Å². The molecule has 1 spiro atoms. The zero-order chi connectivity index (χ0) is 16.7. The molecule has 8 heteroatoms. The molecule has 128 valence electrons. The molecule has 3 aliphatic rings. The fourth-order valence-electron chi connectivity index (χ4n) is 3.96. The Morgan fingerprint density at radius 1 is 1.21 bits per heavy atom. The smallest absolute Gasteiger partial charge is 0.268 e. The van der Waals surface area contributed by atoms with Gasteiger partial charge in [-0.2, -0.15) is 0 Å². The fraction of sp³-hybridized carbons (Fsp3) is 0.562. The Labute approximate surface area is 148 Å². The second-order valence-electron chi connectivity index (χ2n) is 6.40. The van der Waals surface area contributed by atoms with Crippen LogP contribution in [0.15, 0.2) is 24.3 Å². The van der Waals surface area contributed by atoms with Crippen LogP contribution < -0.4 is 5.43 Å². The van der Waals surface area contributed by atoms with Crippen molar-refractivity contribution in [2.45, 2.75) is 35.9 Å². The SMILES string of the molecule is O=C(c1ccc([N+](=O)[O-])cc1)N1N[C@H]2CCCC[C@@H]2C12SCCS2. The minimum Gasteiger partial charge on any atom is -0.268 e. The Kier molecular flexibility index (Phi) is 4.22. The van der Waals surface area contributed by atoms with E-state index < -0.39 is 4.92 Å². The lowest BCUT2D eigenvalue weighted by Gasteiger charge is -2.37. The van der Waals surface area contributed by atoms with Gasteiger partial charge in [0.1, 0.15) is 0 Å². The van der Waals surface area contributed by atoms with Gasteiger partial charge in [0.2, 0.25) is 0 Å². The molecule has 6 nitrogen and oxygen atoms in total. The lowest BCUT2D eigenvalue weighted by Crippen LogP contribution is -2.48. The molecule has 2 atom stereocenters. The normalized spacial score (nSPS) is 28.1. The molecule has 1 N–H and O–H groups in total. The number of benzene rings is 1. The van der Waals surface area contributed by atoms with Gasteiger partial charge in [-0.05, 0) is 25.0 Å². The van der Waals surface area contributed by atoms with Crippen LogP contribution in [-0.4, -0.2) is 37.6 Å². The third-order valence-corrected chi connectivity index (χ3v) is 8.65. The van der Waals surface area contributed by atoms with Gasteiger partial charge < -0.3 is 0 Å². The second kappa shape index (κ2) is 6.24. The van der Waals surface area contributed by atoms with Crippen molar-refractivity contribution < 1.29 is 9.72 Å². The lowest BCUT2D eigenvalue weighted by molar-refractivity contribution is -0.384. The summed E-state index contributed by atoms with van der Waals surface area (Å²) < 4.78 is -0.218. The Morgan fingerprint density at radius 3 is 2.54 bits per heavy atom. The summed E-state index contributed by atoms with van der Waals surface area (Å²) in [7, 11) is 0. The van der Waals surface area contributed by atoms with E-state index in [9.17, 15) is 14.9 Å². The van der Waals surface area contributed by atoms with Crippen LogP contribution in [0.5, 0.6) is 0 Å². The van der Waals surface area contributed by atoms with Gasteiger partial charge in [-0.1, -0.05) is 12.8 Å². The lowest BCUT2D eigenvalue weighted by atomic mass is 9.85. The highest BCUT2D eigenvalue weighted by Gasteiger charge is 2.58. The van der Waals surface area contributed by atoms with Crippen LogP contribution in [0.1, 0.15) is 36.0 Å². The molecular formula is C16H19N3O3S2. The van der Waals surface area contributed by atoms with Crippen LogP contribution in [0.4, 0.5) is 5.69 Å². The number of fused-ring (bicyclic) bond motifs is 2. The van der Waals surface area contributed by atoms with Gasteiger partial charge in [0.05, 0.1) is 4.92 Å². The summed E-state index contributed by atoms with van der Waals surface area (Å²) in [4.78, 5) is 23.5. The molecule has 0 unspecified atom stereocenters. The number of nitro benzene ring substituents is 1. The number of carbonyl (C=O) groups is 1. The molecular weight excluding hydrogens is 346 g/mol. The first kappa shape index (κ1) is 16.2. The van der Waals surface area contributed by atoms with E-state index >= 15 is 0 Å². The largest absolute Gasteiger partial charge is 0.270 e. The van der Waals surface area contributed by atoms with E-state index in [1.807, 2.05) is 28.5 Å². The first-order valence-electron chi connectivity index (χ1n) is 8.25. The highest BCUT2D eigenvalue weighted by Crippen LogP contribution is 2.58. The van der Waals surface area contributed by atoms with Crippen molar-refractivity contribution in [3.8, 4) is 0 Å². The van der Waals surface area contributed by atoms with Gasteiger partial charge >= 0.3 is 0 Å². The Balaban J connectivity index is 1.64. The highest BCUT2D eigenvalue weighted by molar-refractivity contribution is 8.21. The summed E-state index contributed by atoms with van der Waals surface area (Å²) >= 11 is 3.75. The summed E-state index contributed by atoms with van der Waals surface area (Å²) in [5.74, 6) is 2.51. The molecule has 0 bridgehead atoms. The first-order valence-corrected chi connectivity index (χ1v) is 10.2. The molecule has 2 aliphatic heterocycles. The molecule has 1 saturated carbocycles. The number of nitrogens with one attached hydrogen (secondary N) is 1. The standard InChI is InChI=1S/C16H19N3O3S2/c20-15(11-5-7-12(8-6-11)19(21)22)18-16(23-9-10-24-16)13-3-1-2-4-14(13)17-18/h5-8,13-14,17H,1-4,9-10H2/t13-,14-/m0/s1. The number of hydrogen-bond donors (Lipinski definition) is 1. The number of rotatable bonds is 2. The third kappa shape index (κ3) is 2.51. The molecule has 1 aromatic carbocycles. The average molecular weight is 365 g/mol. The molecule has 1 aromatic rings. The molecule has 2 heterocycles. The van der Waals surface area contributed by atoms with Crippen LogP contribution >= 0.6 is 23.5 Å². The molecule has 1 amide bonds. The zero-order valence-corrected chi connectivity index (χ0v) is 14.8. The number of hydrogen-bond acceptors (Lipinski definition) is 6. The molecule has 3 fully saturated rings. The van der Waals surface area contributed by atoms with Crippen molar-refractivity contribution in [3.63, 3.8) is 0 Å². The molecule has 0 radical (unpaired) electrons. The maximum Gasteiger partial charge on any atom is 0.270 e.